The maximum Gasteiger partial charge on any atom is 0.261 e. The summed E-state index contributed by atoms with van der Waals surface area (Å²) in [5, 5.41) is 17.0. The summed E-state index contributed by atoms with van der Waals surface area (Å²) < 4.78 is 16.5. The molecule has 13 heteroatoms. The van der Waals surface area contributed by atoms with Crippen molar-refractivity contribution in [2.45, 2.75) is 18.5 Å². The van der Waals surface area contributed by atoms with E-state index in [4.69, 9.17) is 16.7 Å². The second-order valence-electron chi connectivity index (χ2n) is 8.59. The molecule has 4 N–H and O–H groups in total. The monoisotopic (exact) mass is 561 g/mol. The number of hydrogen-bond donors (Lipinski definition) is 4. The van der Waals surface area contributed by atoms with Gasteiger partial charge >= 0.3 is 0 Å². The second-order valence-corrected chi connectivity index (χ2v) is 10.3. The van der Waals surface area contributed by atoms with Gasteiger partial charge in [0.1, 0.15) is 5.82 Å². The third-order valence-corrected chi connectivity index (χ3v) is 7.15. The number of aromatic nitrogens is 1. The van der Waals surface area contributed by atoms with Crippen molar-refractivity contribution in [3.63, 3.8) is 0 Å². The van der Waals surface area contributed by atoms with E-state index in [2.05, 4.69) is 16.0 Å². The van der Waals surface area contributed by atoms with Gasteiger partial charge in [0.2, 0.25) is 11.8 Å². The average molecular weight is 562 g/mol. The number of nitrogens with one attached hydrogen (secondary N) is 3. The Balaban J connectivity index is 1.43. The molecule has 200 valence electrons. The topological polar surface area (TPSA) is 133 Å². The molecule has 3 aromatic rings. The minimum absolute atomic E-state index is 0.0438. The fraction of sp³-hybridized carbons (Fsp3) is 0.280. The van der Waals surface area contributed by atoms with E-state index >= 15 is 0 Å². The first kappa shape index (κ1) is 27.5. The molecule has 3 heterocycles. The van der Waals surface area contributed by atoms with Crippen LogP contribution in [0.5, 0.6) is 0 Å². The Bertz CT molecular complexity index is 1400. The fourth-order valence-corrected chi connectivity index (χ4v) is 5.16. The van der Waals surface area contributed by atoms with Crippen molar-refractivity contribution in [2.75, 3.05) is 31.6 Å². The van der Waals surface area contributed by atoms with Crippen LogP contribution in [0.4, 0.5) is 10.1 Å². The maximum atomic E-state index is 14.8. The Morgan fingerprint density at radius 1 is 1.16 bits per heavy atom. The number of halogens is 2. The van der Waals surface area contributed by atoms with Crippen LogP contribution in [0.3, 0.4) is 0 Å². The number of pyridine rings is 1. The molecule has 0 aliphatic carbocycles. The second kappa shape index (κ2) is 12.3. The zero-order chi connectivity index (χ0) is 27.2. The minimum Gasteiger partial charge on any atom is -0.395 e. The van der Waals surface area contributed by atoms with Gasteiger partial charge in [-0.3, -0.25) is 28.6 Å². The molecule has 0 bridgehead atoms. The molecular formula is C25H25ClFN5O5S. The number of benzene rings is 1. The number of amides is 3. The number of carbonyl (C=O) groups excluding carboxylic acids is 3. The van der Waals surface area contributed by atoms with Crippen molar-refractivity contribution in [2.24, 2.45) is 0 Å². The number of nitrogens with zero attached hydrogens (tertiary/aromatic N) is 2. The van der Waals surface area contributed by atoms with Gasteiger partial charge in [-0.2, -0.15) is 0 Å². The number of hydrogen-bond acceptors (Lipinski definition) is 7. The quantitative estimate of drug-likeness (QED) is 0.314. The Morgan fingerprint density at radius 2 is 1.97 bits per heavy atom. The Labute approximate surface area is 226 Å². The first-order chi connectivity index (χ1) is 18.2. The van der Waals surface area contributed by atoms with E-state index < -0.39 is 29.7 Å². The van der Waals surface area contributed by atoms with Crippen molar-refractivity contribution >= 4 is 46.3 Å². The van der Waals surface area contributed by atoms with E-state index in [1.807, 2.05) is 0 Å². The number of thiophene rings is 1. The highest BCUT2D eigenvalue weighted by atomic mass is 35.5. The number of aliphatic hydroxyl groups is 1. The Kier molecular flexibility index (Phi) is 8.89. The molecular weight excluding hydrogens is 537 g/mol. The molecule has 2 atom stereocenters. The first-order valence-corrected chi connectivity index (χ1v) is 12.9. The van der Waals surface area contributed by atoms with Gasteiger partial charge in [-0.1, -0.05) is 17.7 Å². The lowest BCUT2D eigenvalue weighted by Gasteiger charge is -2.22. The summed E-state index contributed by atoms with van der Waals surface area (Å²) in [6.45, 7) is -0.244. The Hall–Kier alpha value is -3.58. The van der Waals surface area contributed by atoms with Gasteiger partial charge < -0.3 is 21.1 Å². The van der Waals surface area contributed by atoms with Crippen LogP contribution in [0.2, 0.25) is 4.34 Å². The fourth-order valence-electron chi connectivity index (χ4n) is 4.22. The van der Waals surface area contributed by atoms with Crippen molar-refractivity contribution in [1.82, 2.24) is 20.1 Å². The average Bonchev–Trinajstić information content (AvgIpc) is 3.50. The van der Waals surface area contributed by atoms with Crippen LogP contribution in [-0.2, 0) is 9.59 Å². The number of likely N-dealkylation sites (tertiary alicyclic amines) is 1. The van der Waals surface area contributed by atoms with Gasteiger partial charge in [0, 0.05) is 37.5 Å². The predicted octanol–water partition coefficient (Wildman–Crippen LogP) is 1.61. The molecule has 4 rings (SSSR count). The lowest BCUT2D eigenvalue weighted by Crippen LogP contribution is -2.46. The maximum absolute atomic E-state index is 14.8. The number of carbonyl (C=O) groups is 3. The first-order valence-electron chi connectivity index (χ1n) is 11.7. The molecule has 10 nitrogen and oxygen atoms in total. The number of anilines is 1. The molecule has 1 aromatic carbocycles. The highest BCUT2D eigenvalue weighted by Crippen LogP contribution is 2.24. The molecule has 3 amide bonds. The predicted molar refractivity (Wildman–Crippen MR) is 141 cm³/mol. The molecule has 0 spiro atoms. The van der Waals surface area contributed by atoms with Gasteiger partial charge in [-0.05, 0) is 36.8 Å². The van der Waals surface area contributed by atoms with Crippen LogP contribution in [-0.4, -0.2) is 70.6 Å². The summed E-state index contributed by atoms with van der Waals surface area (Å²) in [6, 6.07) is 10.6. The SMILES string of the molecule is O=C(CN1C[C@H](NC(=O)c2ccc(Cl)s2)C[C@H]1C(=O)NCCO)Nc1ccc(-n2ccccc2=O)cc1F. The zero-order valence-corrected chi connectivity index (χ0v) is 21.6. The van der Waals surface area contributed by atoms with Gasteiger partial charge in [-0.25, -0.2) is 4.39 Å². The summed E-state index contributed by atoms with van der Waals surface area (Å²) in [5.41, 5.74) is -0.105. The van der Waals surface area contributed by atoms with Crippen molar-refractivity contribution in [3.05, 3.63) is 80.1 Å². The van der Waals surface area contributed by atoms with Crippen molar-refractivity contribution in [1.29, 1.82) is 0 Å². The summed E-state index contributed by atoms with van der Waals surface area (Å²) in [5.74, 6) is -2.03. The molecule has 1 saturated heterocycles. The largest absolute Gasteiger partial charge is 0.395 e. The summed E-state index contributed by atoms with van der Waals surface area (Å²) in [6.07, 6.45) is 1.75. The normalized spacial score (nSPS) is 17.2. The number of rotatable bonds is 9. The minimum atomic E-state index is -0.748. The van der Waals surface area contributed by atoms with E-state index in [0.717, 1.165) is 17.4 Å². The standard InChI is InChI=1S/C25H25ClFN5O5S/c26-21-7-6-20(38-21)25(37)29-15-11-19(24(36)28-8-10-33)31(13-15)14-22(34)30-18-5-4-16(12-17(18)27)32-9-2-1-3-23(32)35/h1-7,9,12,15,19,33H,8,10-11,13-14H2,(H,28,36)(H,29,37)(H,30,34)/t15-,19+/m1/s1. The zero-order valence-electron chi connectivity index (χ0n) is 20.0. The molecule has 1 fully saturated rings. The van der Waals surface area contributed by atoms with Gasteiger partial charge in [-0.15, -0.1) is 11.3 Å². The lowest BCUT2D eigenvalue weighted by atomic mass is 10.1. The van der Waals surface area contributed by atoms with Crippen LogP contribution in [0.1, 0.15) is 16.1 Å². The molecule has 0 unspecified atom stereocenters. The van der Waals surface area contributed by atoms with Gasteiger partial charge in [0.15, 0.2) is 0 Å². The van der Waals surface area contributed by atoms with Gasteiger partial charge in [0.05, 0.1) is 39.8 Å². The van der Waals surface area contributed by atoms with Crippen LogP contribution >= 0.6 is 22.9 Å². The summed E-state index contributed by atoms with van der Waals surface area (Å²) >= 11 is 7.04. The van der Waals surface area contributed by atoms with E-state index in [-0.39, 0.29) is 49.8 Å². The van der Waals surface area contributed by atoms with E-state index in [0.29, 0.717) is 14.9 Å². The highest BCUT2D eigenvalue weighted by Gasteiger charge is 2.38. The van der Waals surface area contributed by atoms with E-state index in [1.165, 1.54) is 29.0 Å². The van der Waals surface area contributed by atoms with Crippen LogP contribution in [0, 0.1) is 5.82 Å². The van der Waals surface area contributed by atoms with Crippen molar-refractivity contribution < 1.29 is 23.9 Å². The summed E-state index contributed by atoms with van der Waals surface area (Å²) in [7, 11) is 0. The van der Waals surface area contributed by atoms with E-state index in [1.54, 1.807) is 29.2 Å². The molecule has 0 radical (unpaired) electrons. The molecule has 2 aromatic heterocycles. The number of aliphatic hydroxyl groups excluding tert-OH is 1. The molecule has 1 aliphatic rings. The smallest absolute Gasteiger partial charge is 0.261 e. The van der Waals surface area contributed by atoms with Crippen molar-refractivity contribution in [3.8, 4) is 5.69 Å². The van der Waals surface area contributed by atoms with Crippen LogP contribution < -0.4 is 21.5 Å². The van der Waals surface area contributed by atoms with E-state index in [9.17, 15) is 23.6 Å². The van der Waals surface area contributed by atoms with Gasteiger partial charge in [0.25, 0.3) is 11.5 Å². The van der Waals surface area contributed by atoms with Crippen LogP contribution in [0.25, 0.3) is 5.69 Å². The highest BCUT2D eigenvalue weighted by molar-refractivity contribution is 7.18. The molecule has 38 heavy (non-hydrogen) atoms. The lowest BCUT2D eigenvalue weighted by molar-refractivity contribution is -0.126. The third kappa shape index (κ3) is 6.64. The summed E-state index contributed by atoms with van der Waals surface area (Å²) in [4.78, 5) is 52.1. The third-order valence-electron chi connectivity index (χ3n) is 5.92. The molecule has 0 saturated carbocycles. The van der Waals surface area contributed by atoms with Crippen LogP contribution in [0.15, 0.2) is 59.5 Å². The molecule has 1 aliphatic heterocycles. The Morgan fingerprint density at radius 3 is 2.66 bits per heavy atom.